The molecule has 0 unspecified atom stereocenters. The van der Waals surface area contributed by atoms with Gasteiger partial charge in [0.25, 0.3) is 0 Å². The van der Waals surface area contributed by atoms with Crippen molar-refractivity contribution in [1.82, 2.24) is 4.89 Å². The molecule has 0 aromatic rings. The van der Waals surface area contributed by atoms with Gasteiger partial charge in [-0.15, -0.1) is 0 Å². The number of methoxy groups -OCH3 is 1. The first-order valence-corrected chi connectivity index (χ1v) is 6.93. The fourth-order valence-corrected chi connectivity index (χ4v) is 2.45. The van der Waals surface area contributed by atoms with Crippen LogP contribution < -0.4 is 4.89 Å². The Labute approximate surface area is 91.1 Å². The van der Waals surface area contributed by atoms with Gasteiger partial charge in [-0.25, -0.2) is 8.42 Å². The Hall–Kier alpha value is -0.170. The van der Waals surface area contributed by atoms with Crippen molar-refractivity contribution in [2.24, 2.45) is 0 Å². The van der Waals surface area contributed by atoms with E-state index in [1.54, 1.807) is 7.11 Å². The van der Waals surface area contributed by atoms with Crippen LogP contribution in [0.5, 0.6) is 0 Å². The highest BCUT2D eigenvalue weighted by molar-refractivity contribution is 7.89. The molecule has 1 N–H and O–H groups in total. The molecule has 0 aliphatic heterocycles. The van der Waals surface area contributed by atoms with Gasteiger partial charge in [0.15, 0.2) is 0 Å². The molecule has 0 radical (unpaired) electrons. The molecule has 0 heterocycles. The minimum absolute atomic E-state index is 0.0492. The first kappa shape index (κ1) is 12.9. The molecule has 6 heteroatoms. The van der Waals surface area contributed by atoms with Gasteiger partial charge in [-0.05, 0) is 19.3 Å². The van der Waals surface area contributed by atoms with Crippen LogP contribution in [0, 0.1) is 0 Å². The zero-order valence-electron chi connectivity index (χ0n) is 9.07. The molecule has 1 rings (SSSR count). The van der Waals surface area contributed by atoms with Crippen LogP contribution in [0.25, 0.3) is 0 Å². The highest BCUT2D eigenvalue weighted by Gasteiger charge is 2.18. The van der Waals surface area contributed by atoms with Crippen LogP contribution >= 0.6 is 0 Å². The van der Waals surface area contributed by atoms with Crippen molar-refractivity contribution >= 4 is 10.0 Å². The summed E-state index contributed by atoms with van der Waals surface area (Å²) in [6.07, 6.45) is 4.68. The summed E-state index contributed by atoms with van der Waals surface area (Å²) in [5, 5.41) is 0. The van der Waals surface area contributed by atoms with Crippen molar-refractivity contribution in [3.8, 4) is 0 Å². The second kappa shape index (κ2) is 6.42. The van der Waals surface area contributed by atoms with E-state index in [4.69, 9.17) is 9.57 Å². The second-order valence-electron chi connectivity index (χ2n) is 3.77. The Morgan fingerprint density at radius 3 is 2.60 bits per heavy atom. The van der Waals surface area contributed by atoms with Crippen LogP contribution in [0.4, 0.5) is 0 Å². The molecule has 0 aromatic heterocycles. The highest BCUT2D eigenvalue weighted by atomic mass is 32.2. The van der Waals surface area contributed by atoms with E-state index in [9.17, 15) is 8.42 Å². The number of sulfonamides is 1. The second-order valence-corrected chi connectivity index (χ2v) is 5.58. The number of ether oxygens (including phenoxy) is 1. The summed E-state index contributed by atoms with van der Waals surface area (Å²) < 4.78 is 27.5. The van der Waals surface area contributed by atoms with Gasteiger partial charge in [-0.1, -0.05) is 17.7 Å². The normalized spacial score (nSPS) is 18.5. The lowest BCUT2D eigenvalue weighted by molar-refractivity contribution is 0.0223. The minimum atomic E-state index is -3.29. The molecule has 0 saturated heterocycles. The molecular formula is C9H19NO4S. The predicted molar refractivity (Wildman–Crippen MR) is 56.8 cm³/mol. The van der Waals surface area contributed by atoms with Crippen molar-refractivity contribution in [2.75, 3.05) is 19.5 Å². The average Bonchev–Trinajstić information content (AvgIpc) is 2.68. The van der Waals surface area contributed by atoms with Gasteiger partial charge in [-0.3, -0.25) is 4.84 Å². The molecule has 1 aliphatic rings. The van der Waals surface area contributed by atoms with Gasteiger partial charge >= 0.3 is 0 Å². The van der Waals surface area contributed by atoms with Crippen LogP contribution in [-0.4, -0.2) is 34.0 Å². The summed E-state index contributed by atoms with van der Waals surface area (Å²) >= 11 is 0. The molecular weight excluding hydrogens is 218 g/mol. The van der Waals surface area contributed by atoms with Gasteiger partial charge in [0.2, 0.25) is 10.0 Å². The van der Waals surface area contributed by atoms with Crippen molar-refractivity contribution < 1.29 is 18.0 Å². The van der Waals surface area contributed by atoms with Gasteiger partial charge < -0.3 is 4.74 Å². The monoisotopic (exact) mass is 237 g/mol. The Balaban J connectivity index is 2.17. The molecule has 1 saturated carbocycles. The van der Waals surface area contributed by atoms with Gasteiger partial charge in [0.1, 0.15) is 0 Å². The van der Waals surface area contributed by atoms with E-state index in [1.807, 2.05) is 0 Å². The topological polar surface area (TPSA) is 64.6 Å². The molecule has 0 bridgehead atoms. The fourth-order valence-electron chi connectivity index (χ4n) is 1.58. The summed E-state index contributed by atoms with van der Waals surface area (Å²) in [5.74, 6) is 0.0492. The summed E-state index contributed by atoms with van der Waals surface area (Å²) in [6.45, 7) is 0.449. The van der Waals surface area contributed by atoms with Crippen LogP contribution in [0.2, 0.25) is 0 Å². The maximum atomic E-state index is 11.4. The van der Waals surface area contributed by atoms with E-state index in [0.29, 0.717) is 13.0 Å². The highest BCUT2D eigenvalue weighted by Crippen LogP contribution is 2.20. The van der Waals surface area contributed by atoms with E-state index in [2.05, 4.69) is 4.89 Å². The Morgan fingerprint density at radius 2 is 2.00 bits per heavy atom. The number of rotatable bonds is 7. The number of hydrogen-bond donors (Lipinski definition) is 1. The van der Waals surface area contributed by atoms with Crippen LogP contribution in [0.1, 0.15) is 32.1 Å². The molecule has 0 amide bonds. The van der Waals surface area contributed by atoms with E-state index < -0.39 is 10.0 Å². The number of nitrogens with one attached hydrogen (secondary N) is 1. The van der Waals surface area contributed by atoms with E-state index in [-0.39, 0.29) is 11.9 Å². The zero-order chi connectivity index (χ0) is 11.1. The lowest BCUT2D eigenvalue weighted by Gasteiger charge is -2.11. The summed E-state index contributed by atoms with van der Waals surface area (Å²) in [4.78, 5) is 7.30. The fraction of sp³-hybridized carbons (Fsp3) is 1.00. The van der Waals surface area contributed by atoms with Crippen molar-refractivity contribution in [3.63, 3.8) is 0 Å². The summed E-state index contributed by atoms with van der Waals surface area (Å²) in [7, 11) is -1.74. The Bertz CT molecular complexity index is 259. The average molecular weight is 237 g/mol. The number of hydrogen-bond acceptors (Lipinski definition) is 4. The third-order valence-electron chi connectivity index (χ3n) is 2.41. The Kier molecular flexibility index (Phi) is 5.52. The van der Waals surface area contributed by atoms with Crippen molar-refractivity contribution in [2.45, 2.75) is 38.2 Å². The molecule has 0 aromatic carbocycles. The van der Waals surface area contributed by atoms with E-state index in [0.717, 1.165) is 25.7 Å². The SMILES string of the molecule is COCCCS(=O)(=O)NOC1CCCC1. The maximum absolute atomic E-state index is 11.4. The lowest BCUT2D eigenvalue weighted by Crippen LogP contribution is -2.30. The van der Waals surface area contributed by atoms with Gasteiger partial charge in [0, 0.05) is 13.7 Å². The summed E-state index contributed by atoms with van der Waals surface area (Å²) in [5.41, 5.74) is 0. The van der Waals surface area contributed by atoms with E-state index >= 15 is 0 Å². The minimum Gasteiger partial charge on any atom is -0.385 e. The standard InChI is InChI=1S/C9H19NO4S/c1-13-7-4-8-15(11,12)10-14-9-5-2-3-6-9/h9-10H,2-8H2,1H3. The van der Waals surface area contributed by atoms with Gasteiger partial charge in [0.05, 0.1) is 11.9 Å². The quantitative estimate of drug-likeness (QED) is 0.526. The van der Waals surface area contributed by atoms with E-state index in [1.165, 1.54) is 0 Å². The predicted octanol–water partition coefficient (Wildman–Crippen LogP) is 0.816. The first-order valence-electron chi connectivity index (χ1n) is 5.28. The summed E-state index contributed by atoms with van der Waals surface area (Å²) in [6, 6.07) is 0. The van der Waals surface area contributed by atoms with Crippen molar-refractivity contribution in [3.05, 3.63) is 0 Å². The van der Waals surface area contributed by atoms with Crippen LogP contribution in [-0.2, 0) is 19.6 Å². The third kappa shape index (κ3) is 5.46. The maximum Gasteiger partial charge on any atom is 0.233 e. The molecule has 0 atom stereocenters. The lowest BCUT2D eigenvalue weighted by atomic mass is 10.3. The molecule has 0 spiro atoms. The zero-order valence-corrected chi connectivity index (χ0v) is 9.88. The Morgan fingerprint density at radius 1 is 1.33 bits per heavy atom. The smallest absolute Gasteiger partial charge is 0.233 e. The molecule has 5 nitrogen and oxygen atoms in total. The molecule has 15 heavy (non-hydrogen) atoms. The van der Waals surface area contributed by atoms with Crippen LogP contribution in [0.15, 0.2) is 0 Å². The third-order valence-corrected chi connectivity index (χ3v) is 3.58. The largest absolute Gasteiger partial charge is 0.385 e. The molecule has 90 valence electrons. The molecule has 1 aliphatic carbocycles. The molecule has 1 fully saturated rings. The first-order chi connectivity index (χ1) is 7.14. The van der Waals surface area contributed by atoms with Crippen LogP contribution in [0.3, 0.4) is 0 Å². The van der Waals surface area contributed by atoms with Crippen molar-refractivity contribution in [1.29, 1.82) is 0 Å². The van der Waals surface area contributed by atoms with Gasteiger partial charge in [-0.2, -0.15) is 0 Å².